The van der Waals surface area contributed by atoms with Crippen molar-refractivity contribution in [1.29, 1.82) is 0 Å². The summed E-state index contributed by atoms with van der Waals surface area (Å²) in [5, 5.41) is 3.52. The molecule has 0 aromatic rings. The van der Waals surface area contributed by atoms with Crippen LogP contribution in [0.4, 0.5) is 0 Å². The Bertz CT molecular complexity index is 258. The minimum Gasteiger partial charge on any atom is -0.374 e. The fraction of sp³-hybridized carbons (Fsp3) is 1.00. The van der Waals surface area contributed by atoms with Crippen LogP contribution in [0.1, 0.15) is 26.7 Å². The lowest BCUT2D eigenvalue weighted by atomic mass is 9.95. The summed E-state index contributed by atoms with van der Waals surface area (Å²) in [7, 11) is 0. The largest absolute Gasteiger partial charge is 0.374 e. The van der Waals surface area contributed by atoms with Crippen molar-refractivity contribution < 1.29 is 4.74 Å². The molecule has 3 rings (SSSR count). The maximum absolute atomic E-state index is 5.94. The Morgan fingerprint density at radius 1 is 1.25 bits per heavy atom. The van der Waals surface area contributed by atoms with Crippen molar-refractivity contribution in [2.75, 3.05) is 26.2 Å². The molecule has 3 aliphatic rings. The van der Waals surface area contributed by atoms with Crippen molar-refractivity contribution in [3.05, 3.63) is 0 Å². The van der Waals surface area contributed by atoms with Crippen LogP contribution >= 0.6 is 0 Å². The van der Waals surface area contributed by atoms with E-state index in [9.17, 15) is 0 Å². The van der Waals surface area contributed by atoms with Crippen molar-refractivity contribution in [2.45, 2.75) is 44.9 Å². The first kappa shape index (κ1) is 11.0. The number of nitrogens with one attached hydrogen (secondary N) is 1. The van der Waals surface area contributed by atoms with Gasteiger partial charge in [0.1, 0.15) is 0 Å². The quantitative estimate of drug-likeness (QED) is 0.760. The summed E-state index contributed by atoms with van der Waals surface area (Å²) in [5.74, 6) is 1.78. The smallest absolute Gasteiger partial charge is 0.0706 e. The second kappa shape index (κ2) is 4.28. The van der Waals surface area contributed by atoms with Crippen LogP contribution in [0.3, 0.4) is 0 Å². The summed E-state index contributed by atoms with van der Waals surface area (Å²) in [6.45, 7) is 9.51. The van der Waals surface area contributed by atoms with Gasteiger partial charge in [-0.2, -0.15) is 0 Å². The van der Waals surface area contributed by atoms with E-state index < -0.39 is 0 Å². The number of rotatable bonds is 2. The molecular formula is C13H24N2O. The average Bonchev–Trinajstić information content (AvgIpc) is 2.90. The van der Waals surface area contributed by atoms with Crippen LogP contribution in [0.25, 0.3) is 0 Å². The average molecular weight is 224 g/mol. The maximum Gasteiger partial charge on any atom is 0.0706 e. The molecule has 3 heteroatoms. The van der Waals surface area contributed by atoms with Crippen molar-refractivity contribution in [3.63, 3.8) is 0 Å². The van der Waals surface area contributed by atoms with E-state index in [0.717, 1.165) is 17.9 Å². The Hall–Kier alpha value is -0.120. The van der Waals surface area contributed by atoms with E-state index in [-0.39, 0.29) is 0 Å². The van der Waals surface area contributed by atoms with Crippen molar-refractivity contribution >= 4 is 0 Å². The van der Waals surface area contributed by atoms with E-state index in [4.69, 9.17) is 4.74 Å². The van der Waals surface area contributed by atoms with E-state index in [2.05, 4.69) is 24.1 Å². The van der Waals surface area contributed by atoms with E-state index >= 15 is 0 Å². The highest BCUT2D eigenvalue weighted by molar-refractivity contribution is 4.97. The molecule has 0 spiro atoms. The molecule has 3 saturated heterocycles. The third-order valence-corrected chi connectivity index (χ3v) is 4.81. The first-order valence-corrected chi connectivity index (χ1v) is 6.84. The van der Waals surface area contributed by atoms with Gasteiger partial charge in [-0.05, 0) is 51.6 Å². The van der Waals surface area contributed by atoms with Crippen LogP contribution in [0.2, 0.25) is 0 Å². The van der Waals surface area contributed by atoms with Crippen LogP contribution in [-0.2, 0) is 4.74 Å². The number of nitrogens with zero attached hydrogens (tertiary/aromatic N) is 1. The lowest BCUT2D eigenvalue weighted by molar-refractivity contribution is 0.0278. The van der Waals surface area contributed by atoms with Gasteiger partial charge in [-0.3, -0.25) is 4.90 Å². The number of ether oxygens (including phenoxy) is 1. The lowest BCUT2D eigenvalue weighted by Gasteiger charge is -2.26. The molecule has 3 aliphatic heterocycles. The summed E-state index contributed by atoms with van der Waals surface area (Å²) in [6.07, 6.45) is 3.51. The molecule has 16 heavy (non-hydrogen) atoms. The highest BCUT2D eigenvalue weighted by Crippen LogP contribution is 2.33. The predicted molar refractivity (Wildman–Crippen MR) is 64.5 cm³/mol. The molecule has 0 aliphatic carbocycles. The molecule has 0 bridgehead atoms. The fourth-order valence-corrected chi connectivity index (χ4v) is 3.78. The monoisotopic (exact) mass is 224 g/mol. The van der Waals surface area contributed by atoms with E-state index in [1.807, 2.05) is 0 Å². The normalized spacial score (nSPS) is 48.8. The number of fused-ring (bicyclic) bond motifs is 1. The first-order valence-electron chi connectivity index (χ1n) is 6.84. The second-order valence-electron chi connectivity index (χ2n) is 5.92. The van der Waals surface area contributed by atoms with E-state index in [0.29, 0.717) is 12.2 Å². The molecule has 3 heterocycles. The molecule has 5 atom stereocenters. The Morgan fingerprint density at radius 2 is 2.12 bits per heavy atom. The third kappa shape index (κ3) is 1.89. The molecule has 0 amide bonds. The van der Waals surface area contributed by atoms with Crippen LogP contribution in [0.5, 0.6) is 0 Å². The molecule has 3 fully saturated rings. The molecule has 0 radical (unpaired) electrons. The molecule has 5 unspecified atom stereocenters. The van der Waals surface area contributed by atoms with E-state index in [1.54, 1.807) is 0 Å². The second-order valence-corrected chi connectivity index (χ2v) is 5.92. The van der Waals surface area contributed by atoms with Gasteiger partial charge >= 0.3 is 0 Å². The topological polar surface area (TPSA) is 24.5 Å². The Morgan fingerprint density at radius 3 is 2.81 bits per heavy atom. The minimum absolute atomic E-state index is 0.490. The van der Waals surface area contributed by atoms with Crippen LogP contribution in [0.15, 0.2) is 0 Å². The molecule has 92 valence electrons. The molecule has 0 aromatic heterocycles. The SMILES string of the molecule is CC1CCC(CN2CC3CNCC3C2C)O1. The van der Waals surface area contributed by atoms with Gasteiger partial charge in [-0.25, -0.2) is 0 Å². The van der Waals surface area contributed by atoms with E-state index in [1.165, 1.54) is 39.0 Å². The van der Waals surface area contributed by atoms with Gasteiger partial charge in [0.2, 0.25) is 0 Å². The number of likely N-dealkylation sites (tertiary alicyclic amines) is 1. The van der Waals surface area contributed by atoms with Crippen LogP contribution < -0.4 is 5.32 Å². The lowest BCUT2D eigenvalue weighted by Crippen LogP contribution is -2.38. The Kier molecular flexibility index (Phi) is 2.94. The molecular weight excluding hydrogens is 200 g/mol. The molecule has 0 aromatic carbocycles. The summed E-state index contributed by atoms with van der Waals surface area (Å²) >= 11 is 0. The third-order valence-electron chi connectivity index (χ3n) is 4.81. The predicted octanol–water partition coefficient (Wildman–Crippen LogP) is 1.09. The standard InChI is InChI=1S/C13H24N2O/c1-9-3-4-12(16-9)8-15-7-11-5-14-6-13(11)10(15)2/h9-14H,3-8H2,1-2H3. The Labute approximate surface area is 98.5 Å². The highest BCUT2D eigenvalue weighted by atomic mass is 16.5. The summed E-state index contributed by atoms with van der Waals surface area (Å²) in [6, 6.07) is 0.750. The van der Waals surface area contributed by atoms with Crippen molar-refractivity contribution in [2.24, 2.45) is 11.8 Å². The van der Waals surface area contributed by atoms with Gasteiger partial charge in [0.15, 0.2) is 0 Å². The number of hydrogen-bond donors (Lipinski definition) is 1. The first-order chi connectivity index (χ1) is 7.74. The van der Waals surface area contributed by atoms with Gasteiger partial charge in [0, 0.05) is 19.1 Å². The van der Waals surface area contributed by atoms with Crippen LogP contribution in [-0.4, -0.2) is 49.3 Å². The zero-order valence-corrected chi connectivity index (χ0v) is 10.5. The summed E-state index contributed by atoms with van der Waals surface area (Å²) < 4.78 is 5.94. The summed E-state index contributed by atoms with van der Waals surface area (Å²) in [4.78, 5) is 2.67. The molecule has 0 saturated carbocycles. The van der Waals surface area contributed by atoms with Gasteiger partial charge in [-0.15, -0.1) is 0 Å². The molecule has 1 N–H and O–H groups in total. The Balaban J connectivity index is 1.56. The van der Waals surface area contributed by atoms with Gasteiger partial charge < -0.3 is 10.1 Å². The molecule has 3 nitrogen and oxygen atoms in total. The summed E-state index contributed by atoms with van der Waals surface area (Å²) in [5.41, 5.74) is 0. The van der Waals surface area contributed by atoms with Crippen LogP contribution in [0, 0.1) is 11.8 Å². The van der Waals surface area contributed by atoms with Gasteiger partial charge in [-0.1, -0.05) is 0 Å². The zero-order valence-electron chi connectivity index (χ0n) is 10.5. The van der Waals surface area contributed by atoms with Gasteiger partial charge in [0.25, 0.3) is 0 Å². The highest BCUT2D eigenvalue weighted by Gasteiger charge is 2.42. The van der Waals surface area contributed by atoms with Crippen molar-refractivity contribution in [1.82, 2.24) is 10.2 Å². The number of hydrogen-bond acceptors (Lipinski definition) is 3. The zero-order chi connectivity index (χ0) is 11.1. The minimum atomic E-state index is 0.490. The van der Waals surface area contributed by atoms with Gasteiger partial charge in [0.05, 0.1) is 12.2 Å². The van der Waals surface area contributed by atoms with Crippen molar-refractivity contribution in [3.8, 4) is 0 Å². The fourth-order valence-electron chi connectivity index (χ4n) is 3.78. The maximum atomic E-state index is 5.94.